The van der Waals surface area contributed by atoms with E-state index in [0.29, 0.717) is 23.3 Å². The molecule has 4 amide bonds. The van der Waals surface area contributed by atoms with E-state index in [9.17, 15) is 19.2 Å². The Morgan fingerprint density at radius 2 is 1.53 bits per heavy atom. The molecule has 4 rings (SSSR count). The quantitative estimate of drug-likeness (QED) is 0.396. The van der Waals surface area contributed by atoms with Gasteiger partial charge in [-0.1, -0.05) is 54.6 Å². The lowest BCUT2D eigenvalue weighted by molar-refractivity contribution is -0.141. The molecule has 3 aromatic carbocycles. The van der Waals surface area contributed by atoms with Gasteiger partial charge < -0.3 is 15.0 Å². The van der Waals surface area contributed by atoms with Gasteiger partial charge in [-0.25, -0.2) is 0 Å². The molecule has 8 nitrogen and oxygen atoms in total. The van der Waals surface area contributed by atoms with Gasteiger partial charge in [0.2, 0.25) is 11.8 Å². The van der Waals surface area contributed by atoms with E-state index >= 15 is 0 Å². The first-order valence-corrected chi connectivity index (χ1v) is 12.6. The fourth-order valence-electron chi connectivity index (χ4n) is 4.66. The van der Waals surface area contributed by atoms with E-state index in [4.69, 9.17) is 4.74 Å². The molecule has 1 aliphatic heterocycles. The Morgan fingerprint density at radius 1 is 0.895 bits per heavy atom. The lowest BCUT2D eigenvalue weighted by Crippen LogP contribution is -2.49. The van der Waals surface area contributed by atoms with E-state index < -0.39 is 6.04 Å². The lowest BCUT2D eigenvalue weighted by Gasteiger charge is -2.31. The van der Waals surface area contributed by atoms with Crippen molar-refractivity contribution < 1.29 is 23.9 Å². The Bertz CT molecular complexity index is 1290. The summed E-state index contributed by atoms with van der Waals surface area (Å²) in [5.41, 5.74) is 2.51. The molecule has 0 saturated heterocycles. The molecule has 8 heteroatoms. The first kappa shape index (κ1) is 26.6. The number of hydrogen-bond acceptors (Lipinski definition) is 5. The van der Waals surface area contributed by atoms with Crippen LogP contribution in [-0.2, 0) is 22.6 Å². The van der Waals surface area contributed by atoms with E-state index in [0.717, 1.165) is 11.1 Å². The zero-order chi connectivity index (χ0) is 27.1. The molecule has 1 atom stereocenters. The Hall–Kier alpha value is -4.46. The third kappa shape index (κ3) is 5.91. The van der Waals surface area contributed by atoms with Gasteiger partial charge in [-0.05, 0) is 41.8 Å². The highest BCUT2D eigenvalue weighted by Crippen LogP contribution is 2.23. The van der Waals surface area contributed by atoms with Gasteiger partial charge in [-0.3, -0.25) is 24.1 Å². The van der Waals surface area contributed by atoms with E-state index in [1.807, 2.05) is 54.6 Å². The van der Waals surface area contributed by atoms with Crippen molar-refractivity contribution in [2.45, 2.75) is 31.8 Å². The summed E-state index contributed by atoms with van der Waals surface area (Å²) in [5, 5.41) is 2.70. The van der Waals surface area contributed by atoms with Crippen LogP contribution in [0.2, 0.25) is 0 Å². The highest BCUT2D eigenvalue weighted by Gasteiger charge is 2.35. The molecule has 1 heterocycles. The van der Waals surface area contributed by atoms with Crippen LogP contribution in [-0.4, -0.2) is 60.2 Å². The fraction of sp³-hybridized carbons (Fsp3) is 0.267. The van der Waals surface area contributed by atoms with Crippen LogP contribution in [0.4, 0.5) is 0 Å². The second-order valence-electron chi connectivity index (χ2n) is 9.10. The third-order valence-electron chi connectivity index (χ3n) is 6.66. The smallest absolute Gasteiger partial charge is 0.261 e. The molecule has 0 radical (unpaired) electrons. The average Bonchev–Trinajstić information content (AvgIpc) is 3.20. The summed E-state index contributed by atoms with van der Waals surface area (Å²) in [6.45, 7) is 0.322. The summed E-state index contributed by atoms with van der Waals surface area (Å²) in [6.07, 6.45) is 0.693. The average molecular weight is 514 g/mol. The maximum atomic E-state index is 13.6. The van der Waals surface area contributed by atoms with Crippen LogP contribution in [0.3, 0.4) is 0 Å². The van der Waals surface area contributed by atoms with Gasteiger partial charge in [0.05, 0.1) is 18.2 Å². The lowest BCUT2D eigenvalue weighted by atomic mass is 10.0. The zero-order valence-electron chi connectivity index (χ0n) is 21.6. The Labute approximate surface area is 222 Å². The number of hydrogen-bond donors (Lipinski definition) is 1. The first-order valence-electron chi connectivity index (χ1n) is 12.6. The van der Waals surface area contributed by atoms with Crippen molar-refractivity contribution in [3.8, 4) is 5.75 Å². The summed E-state index contributed by atoms with van der Waals surface area (Å²) in [4.78, 5) is 54.8. The molecule has 0 fully saturated rings. The maximum absolute atomic E-state index is 13.6. The van der Waals surface area contributed by atoms with E-state index in [2.05, 4.69) is 5.32 Å². The SMILES string of the molecule is CNC(=O)C(Cc1ccccc1)N(Cc1cccc(OC)c1)C(=O)CCCN1C(=O)c2ccccc2C1=O. The van der Waals surface area contributed by atoms with Crippen molar-refractivity contribution in [2.75, 3.05) is 20.7 Å². The van der Waals surface area contributed by atoms with Crippen molar-refractivity contribution in [1.29, 1.82) is 0 Å². The molecule has 3 aromatic rings. The van der Waals surface area contributed by atoms with Crippen LogP contribution in [0.15, 0.2) is 78.9 Å². The van der Waals surface area contributed by atoms with Crippen molar-refractivity contribution in [2.24, 2.45) is 0 Å². The highest BCUT2D eigenvalue weighted by molar-refractivity contribution is 6.21. The van der Waals surface area contributed by atoms with E-state index in [-0.39, 0.29) is 49.6 Å². The molecule has 0 aromatic heterocycles. The molecule has 0 bridgehead atoms. The van der Waals surface area contributed by atoms with Crippen molar-refractivity contribution in [3.63, 3.8) is 0 Å². The number of amides is 4. The first-order chi connectivity index (χ1) is 18.4. The van der Waals surface area contributed by atoms with Crippen LogP contribution in [0, 0.1) is 0 Å². The molecule has 38 heavy (non-hydrogen) atoms. The second kappa shape index (κ2) is 12.2. The van der Waals surface area contributed by atoms with Gasteiger partial charge in [0.25, 0.3) is 11.8 Å². The number of ether oxygens (including phenoxy) is 1. The fourth-order valence-corrected chi connectivity index (χ4v) is 4.66. The summed E-state index contributed by atoms with van der Waals surface area (Å²) in [7, 11) is 3.13. The van der Waals surface area contributed by atoms with Gasteiger partial charge in [0.1, 0.15) is 11.8 Å². The summed E-state index contributed by atoms with van der Waals surface area (Å²) in [5.74, 6) is -0.559. The highest BCUT2D eigenvalue weighted by atomic mass is 16.5. The molecule has 1 aliphatic rings. The number of imide groups is 1. The van der Waals surface area contributed by atoms with Crippen LogP contribution < -0.4 is 10.1 Å². The van der Waals surface area contributed by atoms with Crippen LogP contribution in [0.5, 0.6) is 5.75 Å². The maximum Gasteiger partial charge on any atom is 0.261 e. The number of benzene rings is 3. The zero-order valence-corrected chi connectivity index (χ0v) is 21.6. The molecule has 1 unspecified atom stereocenters. The Morgan fingerprint density at radius 3 is 2.16 bits per heavy atom. The van der Waals surface area contributed by atoms with E-state index in [1.165, 1.54) is 4.90 Å². The molecule has 0 saturated carbocycles. The third-order valence-corrected chi connectivity index (χ3v) is 6.66. The number of likely N-dealkylation sites (N-methyl/N-ethyl adjacent to an activating group) is 1. The topological polar surface area (TPSA) is 96.0 Å². The number of fused-ring (bicyclic) bond motifs is 1. The van der Waals surface area contributed by atoms with Gasteiger partial charge >= 0.3 is 0 Å². The number of nitrogens with zero attached hydrogens (tertiary/aromatic N) is 2. The minimum absolute atomic E-state index is 0.0691. The van der Waals surface area contributed by atoms with Crippen LogP contribution >= 0.6 is 0 Å². The molecular formula is C30H31N3O5. The Kier molecular flexibility index (Phi) is 8.53. The molecule has 0 aliphatic carbocycles. The molecule has 196 valence electrons. The van der Waals surface area contributed by atoms with Gasteiger partial charge in [0, 0.05) is 33.0 Å². The predicted octanol–water partition coefficient (Wildman–Crippen LogP) is 3.46. The monoisotopic (exact) mass is 513 g/mol. The summed E-state index contributed by atoms with van der Waals surface area (Å²) in [6, 6.07) is 22.9. The predicted molar refractivity (Wildman–Crippen MR) is 143 cm³/mol. The Balaban J connectivity index is 1.52. The minimum Gasteiger partial charge on any atom is -0.497 e. The summed E-state index contributed by atoms with van der Waals surface area (Å²) >= 11 is 0. The number of nitrogens with one attached hydrogen (secondary N) is 1. The number of rotatable bonds is 11. The van der Waals surface area contributed by atoms with Gasteiger partial charge in [-0.15, -0.1) is 0 Å². The van der Waals surface area contributed by atoms with Crippen molar-refractivity contribution in [3.05, 3.63) is 101 Å². The molecule has 0 spiro atoms. The van der Waals surface area contributed by atoms with Crippen molar-refractivity contribution in [1.82, 2.24) is 15.1 Å². The standard InChI is InChI=1S/C30H31N3O5/c1-31-28(35)26(19-21-10-4-3-5-11-21)33(20-22-12-8-13-23(18-22)38-2)27(34)16-9-17-32-29(36)24-14-6-7-15-25(24)30(32)37/h3-8,10-15,18,26H,9,16-17,19-20H2,1-2H3,(H,31,35). The van der Waals surface area contributed by atoms with Crippen LogP contribution in [0.1, 0.15) is 44.7 Å². The largest absolute Gasteiger partial charge is 0.497 e. The van der Waals surface area contributed by atoms with Gasteiger partial charge in [0.15, 0.2) is 0 Å². The van der Waals surface area contributed by atoms with E-state index in [1.54, 1.807) is 43.3 Å². The van der Waals surface area contributed by atoms with Gasteiger partial charge in [-0.2, -0.15) is 0 Å². The number of carbonyl (C=O) groups is 4. The minimum atomic E-state index is -0.750. The van der Waals surface area contributed by atoms with Crippen LogP contribution in [0.25, 0.3) is 0 Å². The van der Waals surface area contributed by atoms with Crippen molar-refractivity contribution >= 4 is 23.6 Å². The number of methoxy groups -OCH3 is 1. The second-order valence-corrected chi connectivity index (χ2v) is 9.10. The normalized spacial score (nSPS) is 13.2. The summed E-state index contributed by atoms with van der Waals surface area (Å²) < 4.78 is 5.34. The molecular weight excluding hydrogens is 482 g/mol. The molecule has 1 N–H and O–H groups in total. The number of carbonyl (C=O) groups excluding carboxylic acids is 4.